The minimum absolute atomic E-state index is 0.148. The van der Waals surface area contributed by atoms with Gasteiger partial charge in [-0.3, -0.25) is 0 Å². The average Bonchev–Trinajstić information content (AvgIpc) is 3.33. The Hall–Kier alpha value is -2.02. The minimum Gasteiger partial charge on any atom is -0.379 e. The van der Waals surface area contributed by atoms with E-state index in [0.29, 0.717) is 13.2 Å². The molecule has 2 atom stereocenters. The number of para-hydroxylation sites is 1. The molecule has 0 spiro atoms. The summed E-state index contributed by atoms with van der Waals surface area (Å²) < 4.78 is 11.3. The molecule has 3 aromatic rings. The predicted octanol–water partition coefficient (Wildman–Crippen LogP) is 3.96. The molecule has 25 heavy (non-hydrogen) atoms. The van der Waals surface area contributed by atoms with Gasteiger partial charge in [0.15, 0.2) is 5.82 Å². The van der Waals surface area contributed by atoms with Crippen molar-refractivity contribution in [1.29, 1.82) is 0 Å². The van der Waals surface area contributed by atoms with Crippen molar-refractivity contribution in [3.8, 4) is 10.7 Å². The van der Waals surface area contributed by atoms with E-state index < -0.39 is 0 Å². The molecular formula is C19H21N3O2S. The van der Waals surface area contributed by atoms with Crippen molar-refractivity contribution in [2.24, 2.45) is 0 Å². The smallest absolute Gasteiger partial charge is 0.172 e. The molecule has 0 bridgehead atoms. The number of rotatable bonds is 6. The van der Waals surface area contributed by atoms with Crippen LogP contribution in [0.4, 0.5) is 5.82 Å². The number of thiophene rings is 1. The summed E-state index contributed by atoms with van der Waals surface area (Å²) in [4.78, 5) is 10.5. The normalized spacial score (nSPS) is 18.5. The van der Waals surface area contributed by atoms with E-state index >= 15 is 0 Å². The highest BCUT2D eigenvalue weighted by atomic mass is 32.1. The number of hydrogen-bond donors (Lipinski definition) is 1. The van der Waals surface area contributed by atoms with Gasteiger partial charge in [-0.1, -0.05) is 18.2 Å². The van der Waals surface area contributed by atoms with Gasteiger partial charge in [0.05, 0.1) is 29.7 Å². The van der Waals surface area contributed by atoms with Crippen molar-refractivity contribution in [2.75, 3.05) is 25.1 Å². The molecule has 130 valence electrons. The zero-order valence-electron chi connectivity index (χ0n) is 14.1. The minimum atomic E-state index is 0.148. The monoisotopic (exact) mass is 355 g/mol. The molecule has 1 N–H and O–H groups in total. The Morgan fingerprint density at radius 3 is 3.00 bits per heavy atom. The highest BCUT2D eigenvalue weighted by Crippen LogP contribution is 2.27. The lowest BCUT2D eigenvalue weighted by molar-refractivity contribution is 0.0395. The van der Waals surface area contributed by atoms with E-state index in [9.17, 15) is 0 Å². The quantitative estimate of drug-likeness (QED) is 0.725. The number of fused-ring (bicyclic) bond motifs is 1. The van der Waals surface area contributed by atoms with Crippen LogP contribution < -0.4 is 5.32 Å². The standard InChI is InChI=1S/C19H21N3O2S/c1-13(11-24-14-8-9-23-12-14)20-18-15-5-2-3-6-16(15)21-19(22-18)17-7-4-10-25-17/h2-7,10,13-14H,8-9,11-12H2,1H3,(H,20,21,22). The van der Waals surface area contributed by atoms with Gasteiger partial charge >= 0.3 is 0 Å². The summed E-state index contributed by atoms with van der Waals surface area (Å²) >= 11 is 1.65. The second kappa shape index (κ2) is 7.47. The van der Waals surface area contributed by atoms with Crippen LogP contribution in [0.2, 0.25) is 0 Å². The zero-order valence-corrected chi connectivity index (χ0v) is 15.0. The Morgan fingerprint density at radius 2 is 2.20 bits per heavy atom. The molecule has 1 aromatic carbocycles. The molecule has 6 heteroatoms. The van der Waals surface area contributed by atoms with Gasteiger partial charge in [-0.2, -0.15) is 0 Å². The number of hydrogen-bond acceptors (Lipinski definition) is 6. The first-order valence-electron chi connectivity index (χ1n) is 8.56. The van der Waals surface area contributed by atoms with Gasteiger partial charge in [0.2, 0.25) is 0 Å². The van der Waals surface area contributed by atoms with E-state index in [1.807, 2.05) is 41.8 Å². The van der Waals surface area contributed by atoms with E-state index in [-0.39, 0.29) is 12.1 Å². The molecule has 0 aliphatic carbocycles. The molecule has 0 saturated carbocycles. The topological polar surface area (TPSA) is 56.3 Å². The summed E-state index contributed by atoms with van der Waals surface area (Å²) in [5.74, 6) is 1.61. The van der Waals surface area contributed by atoms with Gasteiger partial charge in [-0.15, -0.1) is 11.3 Å². The summed E-state index contributed by atoms with van der Waals surface area (Å²) in [6, 6.07) is 12.3. The van der Waals surface area contributed by atoms with Crippen molar-refractivity contribution >= 4 is 28.1 Å². The average molecular weight is 355 g/mol. The van der Waals surface area contributed by atoms with Crippen molar-refractivity contribution < 1.29 is 9.47 Å². The van der Waals surface area contributed by atoms with E-state index in [4.69, 9.17) is 19.4 Å². The van der Waals surface area contributed by atoms with Crippen LogP contribution >= 0.6 is 11.3 Å². The summed E-state index contributed by atoms with van der Waals surface area (Å²) in [6.07, 6.45) is 1.19. The summed E-state index contributed by atoms with van der Waals surface area (Å²) in [6.45, 7) is 4.23. The van der Waals surface area contributed by atoms with E-state index in [2.05, 4.69) is 12.2 Å². The number of nitrogens with zero attached hydrogens (tertiary/aromatic N) is 2. The number of anilines is 1. The van der Waals surface area contributed by atoms with Gasteiger partial charge in [-0.05, 0) is 36.9 Å². The fraction of sp³-hybridized carbons (Fsp3) is 0.368. The second-order valence-corrected chi connectivity index (χ2v) is 7.20. The predicted molar refractivity (Wildman–Crippen MR) is 101 cm³/mol. The molecule has 2 aromatic heterocycles. The highest BCUT2D eigenvalue weighted by Gasteiger charge is 2.18. The van der Waals surface area contributed by atoms with E-state index in [0.717, 1.165) is 40.5 Å². The molecule has 1 aliphatic heterocycles. The van der Waals surface area contributed by atoms with E-state index in [1.54, 1.807) is 11.3 Å². The third-order valence-electron chi connectivity index (χ3n) is 4.20. The molecule has 1 saturated heterocycles. The summed E-state index contributed by atoms with van der Waals surface area (Å²) in [7, 11) is 0. The van der Waals surface area contributed by atoms with Gasteiger partial charge in [-0.25, -0.2) is 9.97 Å². The lowest BCUT2D eigenvalue weighted by Crippen LogP contribution is -2.26. The Bertz CT molecular complexity index is 832. The number of nitrogens with one attached hydrogen (secondary N) is 1. The Morgan fingerprint density at radius 1 is 1.28 bits per heavy atom. The molecular weight excluding hydrogens is 334 g/mol. The van der Waals surface area contributed by atoms with Crippen molar-refractivity contribution in [3.05, 3.63) is 41.8 Å². The fourth-order valence-corrected chi connectivity index (χ4v) is 3.56. The van der Waals surface area contributed by atoms with Crippen LogP contribution in [0.5, 0.6) is 0 Å². The van der Waals surface area contributed by atoms with E-state index in [1.165, 1.54) is 0 Å². The number of ether oxygens (including phenoxy) is 2. The number of benzene rings is 1. The Kier molecular flexibility index (Phi) is 4.92. The zero-order chi connectivity index (χ0) is 17.1. The fourth-order valence-electron chi connectivity index (χ4n) is 2.90. The van der Waals surface area contributed by atoms with Crippen LogP contribution in [-0.2, 0) is 9.47 Å². The first-order valence-corrected chi connectivity index (χ1v) is 9.44. The molecule has 3 heterocycles. The Balaban J connectivity index is 1.56. The maximum absolute atomic E-state index is 5.92. The lowest BCUT2D eigenvalue weighted by atomic mass is 10.2. The van der Waals surface area contributed by atoms with Crippen LogP contribution in [0.15, 0.2) is 41.8 Å². The largest absolute Gasteiger partial charge is 0.379 e. The van der Waals surface area contributed by atoms with Gasteiger partial charge < -0.3 is 14.8 Å². The van der Waals surface area contributed by atoms with Crippen LogP contribution in [-0.4, -0.2) is 41.9 Å². The van der Waals surface area contributed by atoms with Crippen LogP contribution in [0.3, 0.4) is 0 Å². The first-order chi connectivity index (χ1) is 12.3. The second-order valence-electron chi connectivity index (χ2n) is 6.25. The van der Waals surface area contributed by atoms with Crippen LogP contribution in [0, 0.1) is 0 Å². The molecule has 0 radical (unpaired) electrons. The molecule has 5 nitrogen and oxygen atoms in total. The van der Waals surface area contributed by atoms with Gasteiger partial charge in [0.1, 0.15) is 5.82 Å². The van der Waals surface area contributed by atoms with Crippen LogP contribution in [0.25, 0.3) is 21.6 Å². The van der Waals surface area contributed by atoms with Gasteiger partial charge in [0, 0.05) is 18.0 Å². The van der Waals surface area contributed by atoms with Crippen molar-refractivity contribution in [3.63, 3.8) is 0 Å². The molecule has 1 aliphatic rings. The molecule has 1 fully saturated rings. The summed E-state index contributed by atoms with van der Waals surface area (Å²) in [5.41, 5.74) is 0.945. The maximum Gasteiger partial charge on any atom is 0.172 e. The molecule has 2 unspecified atom stereocenters. The van der Waals surface area contributed by atoms with Crippen molar-refractivity contribution in [1.82, 2.24) is 9.97 Å². The third kappa shape index (κ3) is 3.81. The van der Waals surface area contributed by atoms with Gasteiger partial charge in [0.25, 0.3) is 0 Å². The number of aromatic nitrogens is 2. The maximum atomic E-state index is 5.92. The lowest BCUT2D eigenvalue weighted by Gasteiger charge is -2.18. The summed E-state index contributed by atoms with van der Waals surface area (Å²) in [5, 5.41) is 6.57. The third-order valence-corrected chi connectivity index (χ3v) is 5.06. The highest BCUT2D eigenvalue weighted by molar-refractivity contribution is 7.13. The van der Waals surface area contributed by atoms with Crippen LogP contribution in [0.1, 0.15) is 13.3 Å². The first kappa shape index (κ1) is 16.4. The molecule has 0 amide bonds. The Labute approximate surface area is 151 Å². The van der Waals surface area contributed by atoms with Crippen molar-refractivity contribution in [2.45, 2.75) is 25.5 Å². The molecule has 4 rings (SSSR count). The SMILES string of the molecule is CC(COC1CCOC1)Nc1nc(-c2cccs2)nc2ccccc12.